The Labute approximate surface area is 47.1 Å². The summed E-state index contributed by atoms with van der Waals surface area (Å²) in [5.74, 6) is 0. The third-order valence-corrected chi connectivity index (χ3v) is 2.32. The van der Waals surface area contributed by atoms with E-state index in [9.17, 15) is 9.36 Å². The van der Waals surface area contributed by atoms with E-state index in [1.165, 1.54) is 6.92 Å². The number of rotatable bonds is 2. The van der Waals surface area contributed by atoms with Gasteiger partial charge in [0.1, 0.15) is 0 Å². The first-order valence-corrected chi connectivity index (χ1v) is 3.97. The van der Waals surface area contributed by atoms with Gasteiger partial charge in [0, 0.05) is 6.16 Å². The summed E-state index contributed by atoms with van der Waals surface area (Å²) in [6.07, 6.45) is -0.0810. The second kappa shape index (κ2) is 2.29. The summed E-state index contributed by atoms with van der Waals surface area (Å²) >= 11 is 0. The van der Waals surface area contributed by atoms with Crippen molar-refractivity contribution in [1.82, 2.24) is 0 Å². The van der Waals surface area contributed by atoms with Crippen LogP contribution in [0.2, 0.25) is 0 Å². The Morgan fingerprint density at radius 2 is 2.25 bits per heavy atom. The average Bonchev–Trinajstić information content (AvgIpc) is 1.67. The van der Waals surface area contributed by atoms with Crippen LogP contribution in [0.1, 0.15) is 6.92 Å². The molecule has 0 saturated heterocycles. The number of carbonyl (C=O) groups excluding carboxylic acids is 1. The van der Waals surface area contributed by atoms with E-state index >= 15 is 0 Å². The van der Waals surface area contributed by atoms with Crippen molar-refractivity contribution >= 4 is 13.0 Å². The van der Waals surface area contributed by atoms with Crippen LogP contribution in [-0.2, 0) is 4.57 Å². The van der Waals surface area contributed by atoms with Crippen molar-refractivity contribution < 1.29 is 14.3 Å². The molecule has 0 saturated carbocycles. The molecule has 4 nitrogen and oxygen atoms in total. The first-order chi connectivity index (χ1) is 3.50. The largest absolute Gasteiger partial charge is 0.361 e. The van der Waals surface area contributed by atoms with Gasteiger partial charge in [0.25, 0.3) is 7.37 Å². The number of primary amides is 1. The molecule has 0 aliphatic carbocycles. The predicted molar refractivity (Wildman–Crippen MR) is 29.9 cm³/mol. The minimum Gasteiger partial charge on any atom is -0.361 e. The van der Waals surface area contributed by atoms with Crippen LogP contribution >= 0.6 is 7.37 Å². The van der Waals surface area contributed by atoms with Crippen LogP contribution in [-0.4, -0.2) is 16.7 Å². The Morgan fingerprint density at radius 1 is 1.88 bits per heavy atom. The van der Waals surface area contributed by atoms with Gasteiger partial charge in [0.15, 0.2) is 0 Å². The number of amides is 1. The van der Waals surface area contributed by atoms with Crippen molar-refractivity contribution in [3.63, 3.8) is 0 Å². The fourth-order valence-corrected chi connectivity index (χ4v) is 0.468. The monoisotopic (exact) mass is 137 g/mol. The Morgan fingerprint density at radius 3 is 2.25 bits per heavy atom. The normalized spacial score (nSPS) is 17.2. The van der Waals surface area contributed by atoms with Gasteiger partial charge in [-0.25, -0.2) is 0 Å². The van der Waals surface area contributed by atoms with Crippen LogP contribution < -0.4 is 5.73 Å². The van der Waals surface area contributed by atoms with E-state index in [4.69, 9.17) is 4.89 Å². The molecule has 5 heteroatoms. The Hall–Kier alpha value is -0.340. The summed E-state index contributed by atoms with van der Waals surface area (Å²) in [7, 11) is -3.61. The Balaban J connectivity index is 4.15. The molecule has 0 rings (SSSR count). The molecule has 1 amide bonds. The van der Waals surface area contributed by atoms with Gasteiger partial charge >= 0.3 is 5.65 Å². The fourth-order valence-electron chi connectivity index (χ4n) is 0.156. The maximum Gasteiger partial charge on any atom is 0.302 e. The molecule has 0 aromatic heterocycles. The van der Waals surface area contributed by atoms with Gasteiger partial charge in [-0.15, -0.1) is 0 Å². The van der Waals surface area contributed by atoms with Crippen molar-refractivity contribution in [2.45, 2.75) is 6.92 Å². The topological polar surface area (TPSA) is 80.4 Å². The molecule has 0 aromatic rings. The highest BCUT2D eigenvalue weighted by Crippen LogP contribution is 2.38. The Bertz CT molecular complexity index is 143. The zero-order chi connectivity index (χ0) is 6.78. The first kappa shape index (κ1) is 7.66. The van der Waals surface area contributed by atoms with Gasteiger partial charge in [-0.05, 0) is 0 Å². The smallest absolute Gasteiger partial charge is 0.302 e. The quantitative estimate of drug-likeness (QED) is 0.539. The maximum atomic E-state index is 10.4. The van der Waals surface area contributed by atoms with Crippen molar-refractivity contribution in [2.75, 3.05) is 6.16 Å². The van der Waals surface area contributed by atoms with E-state index in [-0.39, 0.29) is 6.16 Å². The van der Waals surface area contributed by atoms with Gasteiger partial charge < -0.3 is 10.6 Å². The molecule has 8 heavy (non-hydrogen) atoms. The summed E-state index contributed by atoms with van der Waals surface area (Å²) in [5.41, 5.74) is 3.42. The summed E-state index contributed by atoms with van der Waals surface area (Å²) in [6.45, 7) is 1.44. The van der Waals surface area contributed by atoms with Gasteiger partial charge in [-0.3, -0.25) is 9.36 Å². The lowest BCUT2D eigenvalue weighted by atomic mass is 11.0. The highest BCUT2D eigenvalue weighted by atomic mass is 31.2. The van der Waals surface area contributed by atoms with E-state index in [2.05, 4.69) is 5.73 Å². The molecular weight excluding hydrogens is 129 g/mol. The summed E-state index contributed by atoms with van der Waals surface area (Å²) in [5, 5.41) is 0. The van der Waals surface area contributed by atoms with Crippen LogP contribution in [0.25, 0.3) is 0 Å². The molecule has 0 bridgehead atoms. The van der Waals surface area contributed by atoms with E-state index in [0.717, 1.165) is 0 Å². The standard InChI is InChI=1S/C3H8NO3P/c1-2-8(6,7)3(4)5/h2H2,1H3,(H2,4,5)(H,6,7). The van der Waals surface area contributed by atoms with Crippen molar-refractivity contribution in [3.05, 3.63) is 0 Å². The van der Waals surface area contributed by atoms with Gasteiger partial charge in [-0.1, -0.05) is 6.92 Å². The number of carbonyl (C=O) groups is 1. The van der Waals surface area contributed by atoms with Crippen LogP contribution in [0.5, 0.6) is 0 Å². The zero-order valence-corrected chi connectivity index (χ0v) is 5.39. The van der Waals surface area contributed by atoms with E-state index in [0.29, 0.717) is 0 Å². The first-order valence-electron chi connectivity index (χ1n) is 2.12. The molecule has 3 N–H and O–H groups in total. The molecule has 0 aliphatic heterocycles. The third-order valence-electron chi connectivity index (χ3n) is 0.773. The zero-order valence-electron chi connectivity index (χ0n) is 4.50. The molecule has 0 aliphatic rings. The predicted octanol–water partition coefficient (Wildman–Crippen LogP) is 0.355. The fraction of sp³-hybridized carbons (Fsp3) is 0.667. The maximum absolute atomic E-state index is 10.4. The molecule has 0 heterocycles. The molecule has 1 unspecified atom stereocenters. The second-order valence-corrected chi connectivity index (χ2v) is 3.83. The Kier molecular flexibility index (Phi) is 2.19. The van der Waals surface area contributed by atoms with Crippen LogP contribution in [0, 0.1) is 0 Å². The number of hydrogen-bond acceptors (Lipinski definition) is 2. The highest BCUT2D eigenvalue weighted by molar-refractivity contribution is 7.75. The van der Waals surface area contributed by atoms with Crippen LogP contribution in [0.4, 0.5) is 4.79 Å². The average molecular weight is 137 g/mol. The van der Waals surface area contributed by atoms with Crippen LogP contribution in [0.15, 0.2) is 0 Å². The number of hydrogen-bond donors (Lipinski definition) is 2. The number of nitrogens with two attached hydrogens (primary N) is 1. The molecule has 48 valence electrons. The lowest BCUT2D eigenvalue weighted by molar-refractivity contribution is 0.262. The third kappa shape index (κ3) is 1.64. The second-order valence-electron chi connectivity index (χ2n) is 1.36. The molecule has 1 atom stereocenters. The minimum absolute atomic E-state index is 0.0810. The molecule has 0 spiro atoms. The van der Waals surface area contributed by atoms with Gasteiger partial charge in [0.05, 0.1) is 0 Å². The lowest BCUT2D eigenvalue weighted by Crippen LogP contribution is -2.09. The highest BCUT2D eigenvalue weighted by Gasteiger charge is 2.21. The molecule has 0 radical (unpaired) electrons. The SMILES string of the molecule is CCP(=O)(O)C(N)=O. The van der Waals surface area contributed by atoms with E-state index in [1.807, 2.05) is 0 Å². The molecule has 0 aromatic carbocycles. The van der Waals surface area contributed by atoms with E-state index < -0.39 is 13.0 Å². The van der Waals surface area contributed by atoms with Crippen molar-refractivity contribution in [2.24, 2.45) is 5.73 Å². The van der Waals surface area contributed by atoms with Crippen molar-refractivity contribution in [1.29, 1.82) is 0 Å². The van der Waals surface area contributed by atoms with Crippen LogP contribution in [0.3, 0.4) is 0 Å². The summed E-state index contributed by atoms with van der Waals surface area (Å²) in [4.78, 5) is 18.4. The summed E-state index contributed by atoms with van der Waals surface area (Å²) in [6, 6.07) is 0. The molecule has 0 fully saturated rings. The molecular formula is C3H8NO3P. The minimum atomic E-state index is -3.61. The lowest BCUT2D eigenvalue weighted by Gasteiger charge is -1.99. The van der Waals surface area contributed by atoms with Crippen molar-refractivity contribution in [3.8, 4) is 0 Å². The van der Waals surface area contributed by atoms with Gasteiger partial charge in [-0.2, -0.15) is 0 Å². The van der Waals surface area contributed by atoms with Gasteiger partial charge in [0.2, 0.25) is 0 Å². The van der Waals surface area contributed by atoms with E-state index in [1.54, 1.807) is 0 Å². The summed E-state index contributed by atoms with van der Waals surface area (Å²) < 4.78 is 10.4.